The van der Waals surface area contributed by atoms with E-state index in [1.807, 2.05) is 18.2 Å². The summed E-state index contributed by atoms with van der Waals surface area (Å²) in [5, 5.41) is 12.6. The van der Waals surface area contributed by atoms with E-state index in [1.165, 1.54) is 43.7 Å². The fourth-order valence-corrected chi connectivity index (χ4v) is 3.32. The van der Waals surface area contributed by atoms with E-state index in [1.54, 1.807) is 12.1 Å². The summed E-state index contributed by atoms with van der Waals surface area (Å²) in [5.41, 5.74) is 0.632. The van der Waals surface area contributed by atoms with Gasteiger partial charge >= 0.3 is 0 Å². The maximum Gasteiger partial charge on any atom is 0.257 e. The van der Waals surface area contributed by atoms with E-state index in [0.29, 0.717) is 10.7 Å². The summed E-state index contributed by atoms with van der Waals surface area (Å²) in [6.07, 6.45) is 4.85. The lowest BCUT2D eigenvalue weighted by Gasteiger charge is -2.25. The van der Waals surface area contributed by atoms with Gasteiger partial charge in [-0.05, 0) is 38.1 Å². The number of rotatable bonds is 5. The second-order valence-corrected chi connectivity index (χ2v) is 6.54. The zero-order valence-corrected chi connectivity index (χ0v) is 14.4. The molecule has 0 spiro atoms. The molecule has 1 aromatic carbocycles. The summed E-state index contributed by atoms with van der Waals surface area (Å²) in [7, 11) is 0. The number of piperidine rings is 1. The fourth-order valence-electron chi connectivity index (χ4n) is 2.60. The van der Waals surface area contributed by atoms with Crippen molar-refractivity contribution in [2.24, 2.45) is 0 Å². The Morgan fingerprint density at radius 1 is 1.13 bits per heavy atom. The standard InChI is InChI=1S/C16H20N4OS.ClH/c21-15(13-7-3-1-4-8-13)17-16-19-18-14(22-16)9-12-20-10-5-2-6-11-20;/h1,3-4,7-8H,2,5-6,9-12H2,(H,17,19,21);1H/p-1. The zero-order valence-electron chi connectivity index (χ0n) is 12.9. The number of aromatic nitrogens is 2. The highest BCUT2D eigenvalue weighted by Crippen LogP contribution is 2.18. The topological polar surface area (TPSA) is 58.1 Å². The van der Waals surface area contributed by atoms with Gasteiger partial charge in [0.1, 0.15) is 5.01 Å². The normalized spacial score (nSPS) is 15.0. The van der Waals surface area contributed by atoms with Gasteiger partial charge < -0.3 is 17.3 Å². The quantitative estimate of drug-likeness (QED) is 0.812. The van der Waals surface area contributed by atoms with Crippen LogP contribution < -0.4 is 17.7 Å². The van der Waals surface area contributed by atoms with Crippen molar-refractivity contribution < 1.29 is 17.2 Å². The van der Waals surface area contributed by atoms with Gasteiger partial charge in [-0.1, -0.05) is 36.0 Å². The predicted molar refractivity (Wildman–Crippen MR) is 88.3 cm³/mol. The van der Waals surface area contributed by atoms with Crippen LogP contribution in [0.25, 0.3) is 0 Å². The molecular weight excluding hydrogens is 332 g/mol. The van der Waals surface area contributed by atoms with E-state index in [-0.39, 0.29) is 18.3 Å². The number of likely N-dealkylation sites (tertiary alicyclic amines) is 1. The van der Waals surface area contributed by atoms with Gasteiger partial charge in [-0.3, -0.25) is 10.1 Å². The second-order valence-electron chi connectivity index (χ2n) is 5.47. The zero-order chi connectivity index (χ0) is 15.2. The first-order valence-corrected chi connectivity index (χ1v) is 8.54. The van der Waals surface area contributed by atoms with Gasteiger partial charge in [0.05, 0.1) is 0 Å². The SMILES string of the molecule is O=C(Nc1nnc(CCN2CCCCC2)s1)c1ccccc1.[Cl-]. The Balaban J connectivity index is 0.00000192. The van der Waals surface area contributed by atoms with Gasteiger partial charge in [-0.2, -0.15) is 0 Å². The van der Waals surface area contributed by atoms with E-state index < -0.39 is 0 Å². The molecule has 23 heavy (non-hydrogen) atoms. The monoisotopic (exact) mass is 351 g/mol. The van der Waals surface area contributed by atoms with Crippen molar-refractivity contribution in [3.8, 4) is 0 Å². The summed E-state index contributed by atoms with van der Waals surface area (Å²) >= 11 is 1.46. The molecule has 1 aliphatic rings. The van der Waals surface area contributed by atoms with Crippen LogP contribution in [-0.2, 0) is 6.42 Å². The molecular formula is C16H20ClN4OS-. The van der Waals surface area contributed by atoms with Crippen LogP contribution in [0.5, 0.6) is 0 Å². The lowest BCUT2D eigenvalue weighted by Crippen LogP contribution is -3.00. The van der Waals surface area contributed by atoms with Crippen LogP contribution in [-0.4, -0.2) is 40.6 Å². The van der Waals surface area contributed by atoms with E-state index >= 15 is 0 Å². The highest BCUT2D eigenvalue weighted by Gasteiger charge is 2.13. The molecule has 7 heteroatoms. The van der Waals surface area contributed by atoms with Crippen LogP contribution in [0.1, 0.15) is 34.6 Å². The molecule has 0 atom stereocenters. The number of carbonyl (C=O) groups excluding carboxylic acids is 1. The smallest absolute Gasteiger partial charge is 0.257 e. The summed E-state index contributed by atoms with van der Waals surface area (Å²) in [5.74, 6) is -0.140. The summed E-state index contributed by atoms with van der Waals surface area (Å²) in [6, 6.07) is 9.15. The molecule has 3 rings (SSSR count). The Labute approximate surface area is 146 Å². The lowest BCUT2D eigenvalue weighted by atomic mass is 10.1. The first-order valence-electron chi connectivity index (χ1n) is 7.72. The molecule has 1 aromatic heterocycles. The van der Waals surface area contributed by atoms with Crippen LogP contribution in [0.15, 0.2) is 30.3 Å². The molecule has 1 amide bonds. The molecule has 124 valence electrons. The minimum atomic E-state index is -0.140. The van der Waals surface area contributed by atoms with Gasteiger partial charge in [-0.15, -0.1) is 10.2 Å². The third-order valence-corrected chi connectivity index (χ3v) is 4.71. The number of hydrogen-bond donors (Lipinski definition) is 1. The largest absolute Gasteiger partial charge is 1.00 e. The van der Waals surface area contributed by atoms with Crippen molar-refractivity contribution >= 4 is 22.4 Å². The highest BCUT2D eigenvalue weighted by atomic mass is 35.5. The molecule has 2 heterocycles. The lowest BCUT2D eigenvalue weighted by molar-refractivity contribution is -0.0000121. The van der Waals surface area contributed by atoms with Gasteiger partial charge in [0.15, 0.2) is 0 Å². The van der Waals surface area contributed by atoms with E-state index in [9.17, 15) is 4.79 Å². The van der Waals surface area contributed by atoms with Crippen LogP contribution in [0.3, 0.4) is 0 Å². The Morgan fingerprint density at radius 3 is 2.61 bits per heavy atom. The van der Waals surface area contributed by atoms with Gasteiger partial charge in [0.25, 0.3) is 5.91 Å². The average Bonchev–Trinajstić information content (AvgIpc) is 3.02. The summed E-state index contributed by atoms with van der Waals surface area (Å²) in [6.45, 7) is 3.41. The molecule has 1 N–H and O–H groups in total. The molecule has 0 bridgehead atoms. The molecule has 0 saturated carbocycles. The van der Waals surface area contributed by atoms with Crippen molar-refractivity contribution in [2.45, 2.75) is 25.7 Å². The third kappa shape index (κ3) is 5.27. The molecule has 5 nitrogen and oxygen atoms in total. The van der Waals surface area contributed by atoms with Gasteiger partial charge in [0.2, 0.25) is 5.13 Å². The number of amides is 1. The van der Waals surface area contributed by atoms with Crippen LogP contribution in [0.4, 0.5) is 5.13 Å². The van der Waals surface area contributed by atoms with Crippen molar-refractivity contribution in [3.63, 3.8) is 0 Å². The van der Waals surface area contributed by atoms with Crippen molar-refractivity contribution in [1.29, 1.82) is 0 Å². The number of halogens is 1. The molecule has 1 aliphatic heterocycles. The highest BCUT2D eigenvalue weighted by molar-refractivity contribution is 7.15. The second kappa shape index (κ2) is 8.96. The van der Waals surface area contributed by atoms with Gasteiger partial charge in [0, 0.05) is 18.5 Å². The van der Waals surface area contributed by atoms with Crippen molar-refractivity contribution in [2.75, 3.05) is 25.0 Å². The minimum absolute atomic E-state index is 0. The van der Waals surface area contributed by atoms with Crippen LogP contribution in [0, 0.1) is 0 Å². The molecule has 0 unspecified atom stereocenters. The fraction of sp³-hybridized carbons (Fsp3) is 0.438. The maximum absolute atomic E-state index is 12.0. The molecule has 2 aromatic rings. The Bertz CT molecular complexity index is 614. The summed E-state index contributed by atoms with van der Waals surface area (Å²) < 4.78 is 0. The van der Waals surface area contributed by atoms with E-state index in [0.717, 1.165) is 18.0 Å². The molecule has 0 aliphatic carbocycles. The number of nitrogens with zero attached hydrogens (tertiary/aromatic N) is 3. The third-order valence-electron chi connectivity index (χ3n) is 3.81. The van der Waals surface area contributed by atoms with Gasteiger partial charge in [-0.25, -0.2) is 0 Å². The summed E-state index contributed by atoms with van der Waals surface area (Å²) in [4.78, 5) is 14.5. The van der Waals surface area contributed by atoms with Crippen molar-refractivity contribution in [3.05, 3.63) is 40.9 Å². The van der Waals surface area contributed by atoms with Crippen LogP contribution >= 0.6 is 11.3 Å². The molecule has 0 radical (unpaired) electrons. The predicted octanol–water partition coefficient (Wildman–Crippen LogP) is -0.177. The number of nitrogens with one attached hydrogen (secondary N) is 1. The average molecular weight is 352 g/mol. The maximum atomic E-state index is 12.0. The van der Waals surface area contributed by atoms with Crippen molar-refractivity contribution in [1.82, 2.24) is 15.1 Å². The molecule has 1 saturated heterocycles. The number of hydrogen-bond acceptors (Lipinski definition) is 5. The Hall–Kier alpha value is -1.50. The number of anilines is 1. The number of benzene rings is 1. The Kier molecular flexibility index (Phi) is 6.95. The van der Waals surface area contributed by atoms with E-state index in [4.69, 9.17) is 0 Å². The van der Waals surface area contributed by atoms with E-state index in [2.05, 4.69) is 20.4 Å². The Morgan fingerprint density at radius 2 is 1.87 bits per heavy atom. The first-order chi connectivity index (χ1) is 10.8. The number of carbonyl (C=O) groups is 1. The molecule has 1 fully saturated rings. The van der Waals surface area contributed by atoms with Crippen LogP contribution in [0.2, 0.25) is 0 Å². The first kappa shape index (κ1) is 17.8. The minimum Gasteiger partial charge on any atom is -1.00 e.